The third kappa shape index (κ3) is 5.86. The van der Waals surface area contributed by atoms with Crippen LogP contribution in [0.2, 0.25) is 0 Å². The monoisotopic (exact) mass is 498 g/mol. The van der Waals surface area contributed by atoms with Gasteiger partial charge in [-0.15, -0.1) is 0 Å². The van der Waals surface area contributed by atoms with Crippen molar-refractivity contribution in [3.63, 3.8) is 0 Å². The molecule has 5 rings (SSSR count). The SMILES string of the molecule is Cc1ccc(-c2ccc(CCCCc3cnc(-c4cc(C)cc(C)c4)c4ccc(C(C)C)cc34)cn2)cc1. The van der Waals surface area contributed by atoms with Gasteiger partial charge in [0.25, 0.3) is 0 Å². The molecule has 2 heterocycles. The van der Waals surface area contributed by atoms with Gasteiger partial charge >= 0.3 is 0 Å². The smallest absolute Gasteiger partial charge is 0.0780 e. The van der Waals surface area contributed by atoms with E-state index in [-0.39, 0.29) is 0 Å². The zero-order chi connectivity index (χ0) is 26.6. The van der Waals surface area contributed by atoms with Gasteiger partial charge in [-0.25, -0.2) is 0 Å². The molecule has 0 fully saturated rings. The molecule has 0 atom stereocenters. The standard InChI is InChI=1S/C36H38N2/c1-24(2)30-15-16-33-34(21-30)31(23-38-36(33)32-19-26(4)18-27(5)20-32)9-7-6-8-28-12-17-35(37-22-28)29-13-10-25(3)11-14-29/h10-24H,6-9H2,1-5H3. The maximum Gasteiger partial charge on any atom is 0.0780 e. The van der Waals surface area contributed by atoms with Crippen LogP contribution >= 0.6 is 0 Å². The Morgan fingerprint density at radius 3 is 2.03 bits per heavy atom. The Balaban J connectivity index is 1.32. The van der Waals surface area contributed by atoms with Crippen LogP contribution in [-0.4, -0.2) is 9.97 Å². The highest BCUT2D eigenvalue weighted by molar-refractivity contribution is 5.97. The largest absolute Gasteiger partial charge is 0.256 e. The third-order valence-electron chi connectivity index (χ3n) is 7.49. The molecule has 0 aliphatic rings. The second-order valence-corrected chi connectivity index (χ2v) is 11.1. The Hall–Kier alpha value is -3.78. The van der Waals surface area contributed by atoms with Crippen LogP contribution in [0.25, 0.3) is 33.3 Å². The van der Waals surface area contributed by atoms with Crippen molar-refractivity contribution in [3.05, 3.63) is 119 Å². The summed E-state index contributed by atoms with van der Waals surface area (Å²) in [6.45, 7) is 11.0. The van der Waals surface area contributed by atoms with E-state index in [1.165, 1.54) is 55.3 Å². The molecule has 0 aliphatic heterocycles. The van der Waals surface area contributed by atoms with Crippen LogP contribution in [-0.2, 0) is 12.8 Å². The van der Waals surface area contributed by atoms with Gasteiger partial charge in [0, 0.05) is 28.9 Å². The molecular weight excluding hydrogens is 460 g/mol. The van der Waals surface area contributed by atoms with Gasteiger partial charge in [0.1, 0.15) is 0 Å². The fraction of sp³-hybridized carbons (Fsp3) is 0.278. The highest BCUT2D eigenvalue weighted by atomic mass is 14.7. The maximum absolute atomic E-state index is 5.00. The highest BCUT2D eigenvalue weighted by Crippen LogP contribution is 2.33. The average Bonchev–Trinajstić information content (AvgIpc) is 2.91. The molecule has 0 saturated carbocycles. The Morgan fingerprint density at radius 1 is 0.605 bits per heavy atom. The quantitative estimate of drug-likeness (QED) is 0.199. The molecule has 0 aliphatic carbocycles. The summed E-state index contributed by atoms with van der Waals surface area (Å²) in [6, 6.07) is 26.6. The number of rotatable bonds is 8. The van der Waals surface area contributed by atoms with Crippen LogP contribution in [0.15, 0.2) is 85.2 Å². The molecular formula is C36H38N2. The number of benzene rings is 3. The van der Waals surface area contributed by atoms with E-state index in [2.05, 4.69) is 114 Å². The number of hydrogen-bond acceptors (Lipinski definition) is 2. The summed E-state index contributed by atoms with van der Waals surface area (Å²) in [5.74, 6) is 0.500. The van der Waals surface area contributed by atoms with Gasteiger partial charge in [0.2, 0.25) is 0 Å². The number of fused-ring (bicyclic) bond motifs is 1. The van der Waals surface area contributed by atoms with Crippen molar-refractivity contribution in [2.24, 2.45) is 0 Å². The summed E-state index contributed by atoms with van der Waals surface area (Å²) >= 11 is 0. The van der Waals surface area contributed by atoms with E-state index in [0.717, 1.165) is 37.1 Å². The molecule has 0 spiro atoms. The minimum absolute atomic E-state index is 0.500. The van der Waals surface area contributed by atoms with Crippen LogP contribution in [0.1, 0.15) is 66.0 Å². The van der Waals surface area contributed by atoms with Crippen molar-refractivity contribution in [3.8, 4) is 22.5 Å². The number of pyridine rings is 2. The van der Waals surface area contributed by atoms with Crippen LogP contribution in [0.5, 0.6) is 0 Å². The molecule has 0 bridgehead atoms. The van der Waals surface area contributed by atoms with Crippen molar-refractivity contribution >= 4 is 10.8 Å². The first-order valence-electron chi connectivity index (χ1n) is 13.9. The van der Waals surface area contributed by atoms with E-state index in [9.17, 15) is 0 Å². The average molecular weight is 499 g/mol. The Bertz CT molecular complexity index is 1520. The summed E-state index contributed by atoms with van der Waals surface area (Å²) < 4.78 is 0. The molecule has 2 heteroatoms. The Kier molecular flexibility index (Phi) is 7.69. The number of hydrogen-bond donors (Lipinski definition) is 0. The summed E-state index contributed by atoms with van der Waals surface area (Å²) in [7, 11) is 0. The molecule has 0 N–H and O–H groups in total. The predicted octanol–water partition coefficient (Wildman–Crippen LogP) is 9.58. The molecule has 192 valence electrons. The van der Waals surface area contributed by atoms with Gasteiger partial charge < -0.3 is 0 Å². The van der Waals surface area contributed by atoms with Crippen LogP contribution in [0.4, 0.5) is 0 Å². The van der Waals surface area contributed by atoms with Crippen LogP contribution < -0.4 is 0 Å². The fourth-order valence-corrected chi connectivity index (χ4v) is 5.33. The van der Waals surface area contributed by atoms with Gasteiger partial charge in [0.15, 0.2) is 0 Å². The van der Waals surface area contributed by atoms with Gasteiger partial charge in [-0.2, -0.15) is 0 Å². The lowest BCUT2D eigenvalue weighted by molar-refractivity contribution is 0.734. The van der Waals surface area contributed by atoms with Crippen molar-refractivity contribution in [2.45, 2.75) is 66.2 Å². The van der Waals surface area contributed by atoms with Crippen molar-refractivity contribution < 1.29 is 0 Å². The molecule has 0 radical (unpaired) electrons. The number of aryl methyl sites for hydroxylation is 5. The van der Waals surface area contributed by atoms with Gasteiger partial charge in [-0.1, -0.05) is 85.1 Å². The molecule has 2 aromatic heterocycles. The second kappa shape index (κ2) is 11.3. The number of nitrogens with zero attached hydrogens (tertiary/aromatic N) is 2. The van der Waals surface area contributed by atoms with Gasteiger partial charge in [-0.05, 0) is 92.6 Å². The molecule has 2 nitrogen and oxygen atoms in total. The first kappa shape index (κ1) is 25.9. The van der Waals surface area contributed by atoms with Crippen LogP contribution in [0, 0.1) is 20.8 Å². The van der Waals surface area contributed by atoms with E-state index >= 15 is 0 Å². The van der Waals surface area contributed by atoms with E-state index < -0.39 is 0 Å². The lowest BCUT2D eigenvalue weighted by Gasteiger charge is -2.15. The summed E-state index contributed by atoms with van der Waals surface area (Å²) in [4.78, 5) is 9.73. The van der Waals surface area contributed by atoms with Crippen molar-refractivity contribution in [1.29, 1.82) is 0 Å². The number of aromatic nitrogens is 2. The molecule has 0 amide bonds. The fourth-order valence-electron chi connectivity index (χ4n) is 5.33. The Morgan fingerprint density at radius 2 is 1.34 bits per heavy atom. The first-order valence-corrected chi connectivity index (χ1v) is 13.9. The van der Waals surface area contributed by atoms with Crippen molar-refractivity contribution in [2.75, 3.05) is 0 Å². The van der Waals surface area contributed by atoms with E-state index in [1.54, 1.807) is 0 Å². The topological polar surface area (TPSA) is 25.8 Å². The summed E-state index contributed by atoms with van der Waals surface area (Å²) in [5, 5.41) is 2.61. The molecule has 38 heavy (non-hydrogen) atoms. The van der Waals surface area contributed by atoms with Gasteiger partial charge in [0.05, 0.1) is 11.4 Å². The van der Waals surface area contributed by atoms with Crippen LogP contribution in [0.3, 0.4) is 0 Å². The van der Waals surface area contributed by atoms with E-state index in [4.69, 9.17) is 9.97 Å². The highest BCUT2D eigenvalue weighted by Gasteiger charge is 2.12. The molecule has 0 saturated heterocycles. The lowest BCUT2D eigenvalue weighted by atomic mass is 9.92. The third-order valence-corrected chi connectivity index (χ3v) is 7.49. The van der Waals surface area contributed by atoms with Crippen molar-refractivity contribution in [1.82, 2.24) is 9.97 Å². The normalized spacial score (nSPS) is 11.4. The summed E-state index contributed by atoms with van der Waals surface area (Å²) in [6.07, 6.45) is 8.51. The minimum atomic E-state index is 0.500. The van der Waals surface area contributed by atoms with E-state index in [1.807, 2.05) is 6.20 Å². The second-order valence-electron chi connectivity index (χ2n) is 11.1. The first-order chi connectivity index (χ1) is 18.4. The number of unbranched alkanes of at least 4 members (excludes halogenated alkanes) is 1. The predicted molar refractivity (Wildman–Crippen MR) is 162 cm³/mol. The zero-order valence-corrected chi connectivity index (χ0v) is 23.4. The van der Waals surface area contributed by atoms with E-state index in [0.29, 0.717) is 5.92 Å². The zero-order valence-electron chi connectivity index (χ0n) is 23.4. The lowest BCUT2D eigenvalue weighted by Crippen LogP contribution is -1.97. The molecule has 5 aromatic rings. The summed E-state index contributed by atoms with van der Waals surface area (Å²) in [5.41, 5.74) is 12.4. The maximum atomic E-state index is 5.00. The molecule has 0 unspecified atom stereocenters. The molecule has 3 aromatic carbocycles. The minimum Gasteiger partial charge on any atom is -0.256 e. The van der Waals surface area contributed by atoms with Gasteiger partial charge in [-0.3, -0.25) is 9.97 Å². The Labute approximate surface area is 227 Å².